The molecule has 1 aliphatic heterocycles. The van der Waals surface area contributed by atoms with E-state index in [0.29, 0.717) is 12.2 Å². The Morgan fingerprint density at radius 3 is 2.52 bits per heavy atom. The van der Waals surface area contributed by atoms with Gasteiger partial charge in [0.25, 0.3) is 10.0 Å². The van der Waals surface area contributed by atoms with Crippen LogP contribution in [-0.2, 0) is 21.2 Å². The molecule has 7 nitrogen and oxygen atoms in total. The molecular weight excluding hydrogens is 440 g/mol. The second-order valence-corrected chi connectivity index (χ2v) is 10.1. The van der Waals surface area contributed by atoms with Crippen molar-refractivity contribution in [2.45, 2.75) is 43.5 Å². The van der Waals surface area contributed by atoms with Gasteiger partial charge in [-0.2, -0.15) is 0 Å². The molecule has 0 bridgehead atoms. The molecule has 0 radical (unpaired) electrons. The Hall–Kier alpha value is -2.45. The van der Waals surface area contributed by atoms with Crippen molar-refractivity contribution >= 4 is 38.9 Å². The number of amides is 1. The average molecular weight is 465 g/mol. The zero-order valence-electron chi connectivity index (χ0n) is 17.6. The van der Waals surface area contributed by atoms with E-state index in [-0.39, 0.29) is 39.2 Å². The summed E-state index contributed by atoms with van der Waals surface area (Å²) >= 11 is 6.27. The summed E-state index contributed by atoms with van der Waals surface area (Å²) in [4.78, 5) is 14.8. The van der Waals surface area contributed by atoms with Gasteiger partial charge in [-0.05, 0) is 49.9 Å². The molecule has 1 saturated carbocycles. The number of hydrogen-bond acceptors (Lipinski definition) is 5. The van der Waals surface area contributed by atoms with E-state index in [1.807, 2.05) is 11.8 Å². The van der Waals surface area contributed by atoms with Crippen LogP contribution < -0.4 is 19.1 Å². The molecule has 0 spiro atoms. The molecule has 1 atom stereocenters. The van der Waals surface area contributed by atoms with Crippen LogP contribution in [-0.4, -0.2) is 34.6 Å². The normalized spacial score (nSPS) is 18.3. The van der Waals surface area contributed by atoms with Crippen LogP contribution in [0.3, 0.4) is 0 Å². The van der Waals surface area contributed by atoms with E-state index in [1.165, 1.54) is 26.4 Å². The Kier molecular flexibility index (Phi) is 5.79. The van der Waals surface area contributed by atoms with Gasteiger partial charge >= 0.3 is 0 Å². The number of nitrogens with one attached hydrogen (secondary N) is 1. The number of hydrogen-bond donors (Lipinski definition) is 1. The Morgan fingerprint density at radius 1 is 1.16 bits per heavy atom. The van der Waals surface area contributed by atoms with Gasteiger partial charge < -0.3 is 14.4 Å². The molecule has 1 aliphatic carbocycles. The third-order valence-electron chi connectivity index (χ3n) is 5.99. The van der Waals surface area contributed by atoms with Gasteiger partial charge in [0.05, 0.1) is 24.1 Å². The Morgan fingerprint density at radius 2 is 1.90 bits per heavy atom. The Balaban J connectivity index is 1.64. The molecule has 0 aromatic heterocycles. The summed E-state index contributed by atoms with van der Waals surface area (Å²) in [7, 11) is -1.02. The standard InChI is InChI=1S/C22H25ClN2O5S/c1-13-9-15-10-17(7-8-19(15)25(13)22(26)14-5-4-6-14)31(27,28)24-21-18(23)11-16(29-2)12-20(21)30-3/h7-8,10-14,24H,4-6,9H2,1-3H3/t13-/m0/s1. The highest BCUT2D eigenvalue weighted by molar-refractivity contribution is 7.92. The molecule has 1 amide bonds. The molecule has 2 aliphatic rings. The van der Waals surface area contributed by atoms with Crippen LogP contribution in [0.4, 0.5) is 11.4 Å². The third-order valence-corrected chi connectivity index (χ3v) is 7.63. The monoisotopic (exact) mass is 464 g/mol. The Bertz CT molecular complexity index is 1130. The van der Waals surface area contributed by atoms with E-state index in [9.17, 15) is 13.2 Å². The summed E-state index contributed by atoms with van der Waals surface area (Å²) < 4.78 is 39.2. The lowest BCUT2D eigenvalue weighted by Gasteiger charge is -2.32. The van der Waals surface area contributed by atoms with Gasteiger partial charge in [-0.1, -0.05) is 18.0 Å². The zero-order chi connectivity index (χ0) is 22.3. The summed E-state index contributed by atoms with van der Waals surface area (Å²) in [6.45, 7) is 1.99. The van der Waals surface area contributed by atoms with E-state index < -0.39 is 10.0 Å². The number of carbonyl (C=O) groups is 1. The molecule has 2 aromatic carbocycles. The number of sulfonamides is 1. The number of nitrogens with zero attached hydrogens (tertiary/aromatic N) is 1. The lowest BCUT2D eigenvalue weighted by atomic mass is 9.84. The van der Waals surface area contributed by atoms with E-state index >= 15 is 0 Å². The highest BCUT2D eigenvalue weighted by Crippen LogP contribution is 2.40. The van der Waals surface area contributed by atoms with Crippen molar-refractivity contribution in [3.05, 3.63) is 40.9 Å². The number of benzene rings is 2. The second-order valence-electron chi connectivity index (χ2n) is 7.97. The van der Waals surface area contributed by atoms with Crippen LogP contribution >= 0.6 is 11.6 Å². The first-order valence-electron chi connectivity index (χ1n) is 10.2. The van der Waals surface area contributed by atoms with E-state index in [1.54, 1.807) is 18.2 Å². The number of methoxy groups -OCH3 is 2. The molecule has 4 rings (SSSR count). The van der Waals surface area contributed by atoms with Crippen molar-refractivity contribution in [3.63, 3.8) is 0 Å². The van der Waals surface area contributed by atoms with E-state index in [4.69, 9.17) is 21.1 Å². The fraction of sp³-hybridized carbons (Fsp3) is 0.409. The number of fused-ring (bicyclic) bond motifs is 1. The van der Waals surface area contributed by atoms with Crippen molar-refractivity contribution in [3.8, 4) is 11.5 Å². The first-order valence-corrected chi connectivity index (χ1v) is 12.0. The van der Waals surface area contributed by atoms with E-state index in [0.717, 1.165) is 30.5 Å². The van der Waals surface area contributed by atoms with Gasteiger partial charge in [0.1, 0.15) is 17.2 Å². The van der Waals surface area contributed by atoms with Crippen LogP contribution in [0, 0.1) is 5.92 Å². The molecule has 31 heavy (non-hydrogen) atoms. The van der Waals surface area contributed by atoms with Gasteiger partial charge in [0.15, 0.2) is 0 Å². The molecule has 1 fully saturated rings. The largest absolute Gasteiger partial charge is 0.497 e. The van der Waals surface area contributed by atoms with Crippen molar-refractivity contribution < 1.29 is 22.7 Å². The number of anilines is 2. The molecule has 0 saturated heterocycles. The van der Waals surface area contributed by atoms with Gasteiger partial charge in [-0.25, -0.2) is 8.42 Å². The minimum Gasteiger partial charge on any atom is -0.497 e. The van der Waals surface area contributed by atoms with Crippen molar-refractivity contribution in [1.29, 1.82) is 0 Å². The van der Waals surface area contributed by atoms with Crippen molar-refractivity contribution in [1.82, 2.24) is 0 Å². The molecule has 9 heteroatoms. The lowest BCUT2D eigenvalue weighted by molar-refractivity contribution is -0.125. The summed E-state index contributed by atoms with van der Waals surface area (Å²) in [5.41, 5.74) is 1.78. The Labute approximate surface area is 187 Å². The van der Waals surface area contributed by atoms with Crippen LogP contribution in [0.1, 0.15) is 31.7 Å². The predicted octanol–water partition coefficient (Wildman–Crippen LogP) is 4.24. The maximum absolute atomic E-state index is 13.1. The predicted molar refractivity (Wildman–Crippen MR) is 120 cm³/mol. The first kappa shape index (κ1) is 21.8. The third kappa shape index (κ3) is 3.94. The first-order chi connectivity index (χ1) is 14.7. The van der Waals surface area contributed by atoms with Crippen LogP contribution in [0.5, 0.6) is 11.5 Å². The van der Waals surface area contributed by atoms with Crippen molar-refractivity contribution in [2.24, 2.45) is 5.92 Å². The SMILES string of the molecule is COc1cc(Cl)c(NS(=O)(=O)c2ccc3c(c2)C[C@H](C)N3C(=O)C2CCC2)c(OC)c1. The van der Waals surface area contributed by atoms with Gasteiger partial charge in [0, 0.05) is 29.8 Å². The van der Waals surface area contributed by atoms with E-state index in [2.05, 4.69) is 4.72 Å². The maximum atomic E-state index is 13.1. The minimum absolute atomic E-state index is 0.00476. The topological polar surface area (TPSA) is 84.9 Å². The molecule has 1 heterocycles. The van der Waals surface area contributed by atoms with Crippen LogP contribution in [0.2, 0.25) is 5.02 Å². The number of ether oxygens (including phenoxy) is 2. The summed E-state index contributed by atoms with van der Waals surface area (Å²) in [5.74, 6) is 0.927. The van der Waals surface area contributed by atoms with Crippen LogP contribution in [0.25, 0.3) is 0 Å². The van der Waals surface area contributed by atoms with Crippen molar-refractivity contribution in [2.75, 3.05) is 23.8 Å². The number of carbonyl (C=O) groups excluding carboxylic acids is 1. The zero-order valence-corrected chi connectivity index (χ0v) is 19.2. The van der Waals surface area contributed by atoms with Crippen LogP contribution in [0.15, 0.2) is 35.2 Å². The fourth-order valence-corrected chi connectivity index (χ4v) is 5.54. The highest BCUT2D eigenvalue weighted by Gasteiger charge is 2.37. The average Bonchev–Trinajstić information content (AvgIpc) is 3.02. The van der Waals surface area contributed by atoms with Gasteiger partial charge in [-0.3, -0.25) is 9.52 Å². The molecule has 166 valence electrons. The quantitative estimate of drug-likeness (QED) is 0.691. The molecule has 2 aromatic rings. The second kappa shape index (κ2) is 8.24. The lowest BCUT2D eigenvalue weighted by Crippen LogP contribution is -2.42. The smallest absolute Gasteiger partial charge is 0.262 e. The molecular formula is C22H25ClN2O5S. The summed E-state index contributed by atoms with van der Waals surface area (Å²) in [6.07, 6.45) is 3.56. The van der Waals surface area contributed by atoms with Gasteiger partial charge in [-0.15, -0.1) is 0 Å². The summed E-state index contributed by atoms with van der Waals surface area (Å²) in [6, 6.07) is 7.94. The maximum Gasteiger partial charge on any atom is 0.262 e. The number of halogens is 1. The summed E-state index contributed by atoms with van der Waals surface area (Å²) in [5, 5.41) is 0.159. The minimum atomic E-state index is -3.93. The molecule has 1 N–H and O–H groups in total. The molecule has 0 unspecified atom stereocenters. The van der Waals surface area contributed by atoms with Gasteiger partial charge in [0.2, 0.25) is 5.91 Å². The highest BCUT2D eigenvalue weighted by atomic mass is 35.5. The fourth-order valence-electron chi connectivity index (χ4n) is 4.09. The number of rotatable bonds is 6.